The van der Waals surface area contributed by atoms with Crippen LogP contribution in [0.2, 0.25) is 5.02 Å². The lowest BCUT2D eigenvalue weighted by molar-refractivity contribution is -0.120. The first-order valence-corrected chi connectivity index (χ1v) is 7.39. The third kappa shape index (κ3) is 1.56. The van der Waals surface area contributed by atoms with E-state index in [9.17, 15) is 4.79 Å². The van der Waals surface area contributed by atoms with Gasteiger partial charge in [0.15, 0.2) is 0 Å². The van der Waals surface area contributed by atoms with E-state index in [1.54, 1.807) is 0 Å². The Morgan fingerprint density at radius 2 is 1.72 bits per heavy atom. The number of fused-ring (bicyclic) bond motifs is 5. The van der Waals surface area contributed by atoms with Crippen molar-refractivity contribution in [3.05, 3.63) is 34.9 Å². The molecule has 0 aliphatic heterocycles. The molecule has 1 aromatic carbocycles. The lowest BCUT2D eigenvalue weighted by Crippen LogP contribution is -2.12. The van der Waals surface area contributed by atoms with Gasteiger partial charge in [0.2, 0.25) is 0 Å². The number of hydrogen-bond acceptors (Lipinski definition) is 1. The van der Waals surface area contributed by atoms with Gasteiger partial charge in [-0.05, 0) is 60.6 Å². The van der Waals surface area contributed by atoms with Crippen LogP contribution in [0.5, 0.6) is 0 Å². The summed E-state index contributed by atoms with van der Waals surface area (Å²) < 4.78 is 0. The maximum atomic E-state index is 12.4. The molecule has 3 saturated carbocycles. The van der Waals surface area contributed by atoms with Crippen LogP contribution in [0.4, 0.5) is 0 Å². The van der Waals surface area contributed by atoms with Crippen LogP contribution in [0.1, 0.15) is 24.8 Å². The number of carbonyl (C=O) groups is 1. The van der Waals surface area contributed by atoms with Gasteiger partial charge in [-0.2, -0.15) is 0 Å². The molecule has 0 heterocycles. The summed E-state index contributed by atoms with van der Waals surface area (Å²) in [7, 11) is 0. The fourth-order valence-electron chi connectivity index (χ4n) is 4.68. The summed E-state index contributed by atoms with van der Waals surface area (Å²) in [5.74, 6) is 4.20. The molecule has 0 N–H and O–H groups in total. The van der Waals surface area contributed by atoms with Crippen LogP contribution in [0.25, 0.3) is 0 Å². The SMILES string of the molecule is O=C(Cc1ccc(Cl)cc1)C1C2C3CCC(C3)C12. The number of Topliss-reactive ketones (excluding diaryl/α,β-unsaturated/α-hetero) is 1. The van der Waals surface area contributed by atoms with Crippen molar-refractivity contribution in [3.8, 4) is 0 Å². The topological polar surface area (TPSA) is 17.1 Å². The molecule has 0 aromatic heterocycles. The lowest BCUT2D eigenvalue weighted by Gasteiger charge is -2.07. The zero-order valence-corrected chi connectivity index (χ0v) is 11.1. The summed E-state index contributed by atoms with van der Waals surface area (Å²) in [6.45, 7) is 0. The van der Waals surface area contributed by atoms with E-state index >= 15 is 0 Å². The van der Waals surface area contributed by atoms with E-state index in [1.807, 2.05) is 24.3 Å². The molecule has 2 bridgehead atoms. The van der Waals surface area contributed by atoms with Gasteiger partial charge in [-0.15, -0.1) is 0 Å². The van der Waals surface area contributed by atoms with Gasteiger partial charge >= 0.3 is 0 Å². The molecule has 3 aliphatic carbocycles. The minimum atomic E-state index is 0.409. The first-order chi connectivity index (χ1) is 8.74. The van der Waals surface area contributed by atoms with Crippen molar-refractivity contribution in [1.29, 1.82) is 0 Å². The van der Waals surface area contributed by atoms with E-state index in [4.69, 9.17) is 11.6 Å². The average molecular weight is 261 g/mol. The Bertz CT molecular complexity index is 476. The van der Waals surface area contributed by atoms with Gasteiger partial charge in [0.05, 0.1) is 0 Å². The quantitative estimate of drug-likeness (QED) is 0.809. The normalized spacial score (nSPS) is 39.7. The van der Waals surface area contributed by atoms with Crippen molar-refractivity contribution in [2.45, 2.75) is 25.7 Å². The molecule has 3 fully saturated rings. The van der Waals surface area contributed by atoms with Gasteiger partial charge in [-0.1, -0.05) is 23.7 Å². The summed E-state index contributed by atoms with van der Waals surface area (Å²) in [6.07, 6.45) is 4.79. The molecule has 4 atom stereocenters. The monoisotopic (exact) mass is 260 g/mol. The number of carbonyl (C=O) groups excluding carboxylic acids is 1. The summed E-state index contributed by atoms with van der Waals surface area (Å²) in [5, 5.41) is 0.743. The van der Waals surface area contributed by atoms with Crippen LogP contribution in [0.15, 0.2) is 24.3 Å². The van der Waals surface area contributed by atoms with Crippen LogP contribution in [0.3, 0.4) is 0 Å². The average Bonchev–Trinajstić information content (AvgIpc) is 2.82. The molecule has 0 spiro atoms. The van der Waals surface area contributed by atoms with Gasteiger partial charge in [0.25, 0.3) is 0 Å². The maximum Gasteiger partial charge on any atom is 0.140 e. The first-order valence-electron chi connectivity index (χ1n) is 7.01. The van der Waals surface area contributed by atoms with Crippen molar-refractivity contribution in [2.75, 3.05) is 0 Å². The predicted molar refractivity (Wildman–Crippen MR) is 71.5 cm³/mol. The fraction of sp³-hybridized carbons (Fsp3) is 0.562. The van der Waals surface area contributed by atoms with Gasteiger partial charge < -0.3 is 0 Å². The van der Waals surface area contributed by atoms with E-state index in [1.165, 1.54) is 19.3 Å². The standard InChI is InChI=1S/C16H17ClO/c17-12-5-1-9(2-6-12)7-13(18)16-14-10-3-4-11(8-10)15(14)16/h1-2,5-6,10-11,14-16H,3-4,7-8H2. The number of rotatable bonds is 3. The molecular weight excluding hydrogens is 244 g/mol. The molecule has 94 valence electrons. The molecule has 1 aromatic rings. The zero-order chi connectivity index (χ0) is 12.3. The van der Waals surface area contributed by atoms with Crippen LogP contribution in [-0.2, 0) is 11.2 Å². The third-order valence-electron chi connectivity index (χ3n) is 5.40. The fourth-order valence-corrected chi connectivity index (χ4v) is 4.80. The summed E-state index contributed by atoms with van der Waals surface area (Å²) in [5.41, 5.74) is 1.11. The van der Waals surface area contributed by atoms with Crippen molar-refractivity contribution >= 4 is 17.4 Å². The Labute approximate surface area is 113 Å². The molecule has 3 aliphatic rings. The molecule has 0 saturated heterocycles. The highest BCUT2D eigenvalue weighted by molar-refractivity contribution is 6.30. The van der Waals surface area contributed by atoms with Gasteiger partial charge in [0.1, 0.15) is 5.78 Å². The molecule has 18 heavy (non-hydrogen) atoms. The van der Waals surface area contributed by atoms with Crippen molar-refractivity contribution in [2.24, 2.45) is 29.6 Å². The second kappa shape index (κ2) is 3.84. The second-order valence-electron chi connectivity index (χ2n) is 6.28. The van der Waals surface area contributed by atoms with Crippen molar-refractivity contribution in [1.82, 2.24) is 0 Å². The highest BCUT2D eigenvalue weighted by Crippen LogP contribution is 2.69. The number of hydrogen-bond donors (Lipinski definition) is 0. The minimum Gasteiger partial charge on any atom is -0.299 e. The van der Waals surface area contributed by atoms with E-state index in [-0.39, 0.29) is 0 Å². The Morgan fingerprint density at radius 3 is 2.33 bits per heavy atom. The molecule has 0 amide bonds. The summed E-state index contributed by atoms with van der Waals surface area (Å²) >= 11 is 5.86. The Hall–Kier alpha value is -0.820. The van der Waals surface area contributed by atoms with Crippen LogP contribution in [-0.4, -0.2) is 5.78 Å². The smallest absolute Gasteiger partial charge is 0.140 e. The minimum absolute atomic E-state index is 0.409. The van der Waals surface area contributed by atoms with E-state index in [2.05, 4.69) is 0 Å². The summed E-state index contributed by atoms with van der Waals surface area (Å²) in [4.78, 5) is 12.4. The molecular formula is C16H17ClO. The Balaban J connectivity index is 1.45. The highest BCUT2D eigenvalue weighted by Gasteiger charge is 2.66. The van der Waals surface area contributed by atoms with Crippen LogP contribution in [0, 0.1) is 29.6 Å². The Kier molecular flexibility index (Phi) is 2.35. The number of benzene rings is 1. The first kappa shape index (κ1) is 11.0. The molecule has 4 rings (SSSR count). The number of halogens is 1. The van der Waals surface area contributed by atoms with Crippen molar-refractivity contribution in [3.63, 3.8) is 0 Å². The predicted octanol–water partition coefficient (Wildman–Crippen LogP) is 3.74. The zero-order valence-electron chi connectivity index (χ0n) is 10.3. The third-order valence-corrected chi connectivity index (χ3v) is 5.65. The summed E-state index contributed by atoms with van der Waals surface area (Å²) in [6, 6.07) is 7.71. The van der Waals surface area contributed by atoms with E-state index in [0.717, 1.165) is 34.3 Å². The van der Waals surface area contributed by atoms with E-state index < -0.39 is 0 Å². The van der Waals surface area contributed by atoms with Gasteiger partial charge in [-0.25, -0.2) is 0 Å². The van der Waals surface area contributed by atoms with Crippen LogP contribution >= 0.6 is 11.6 Å². The largest absolute Gasteiger partial charge is 0.299 e. The molecule has 2 heteroatoms. The van der Waals surface area contributed by atoms with Crippen molar-refractivity contribution < 1.29 is 4.79 Å². The van der Waals surface area contributed by atoms with E-state index in [0.29, 0.717) is 18.1 Å². The maximum absolute atomic E-state index is 12.4. The highest BCUT2D eigenvalue weighted by atomic mass is 35.5. The molecule has 4 unspecified atom stereocenters. The Morgan fingerprint density at radius 1 is 1.11 bits per heavy atom. The van der Waals surface area contributed by atoms with Gasteiger partial charge in [0, 0.05) is 17.4 Å². The van der Waals surface area contributed by atoms with Gasteiger partial charge in [-0.3, -0.25) is 4.79 Å². The molecule has 1 nitrogen and oxygen atoms in total. The second-order valence-corrected chi connectivity index (χ2v) is 6.72. The number of ketones is 1. The molecule has 0 radical (unpaired) electrons. The van der Waals surface area contributed by atoms with Crippen LogP contribution < -0.4 is 0 Å². The lowest BCUT2D eigenvalue weighted by atomic mass is 9.96.